The van der Waals surface area contributed by atoms with Crippen LogP contribution in [0.1, 0.15) is 68.1 Å². The lowest BCUT2D eigenvalue weighted by atomic mass is 9.77. The fraction of sp³-hybridized carbons (Fsp3) is 0.667. The molecule has 0 spiro atoms. The van der Waals surface area contributed by atoms with Crippen LogP contribution in [0.15, 0.2) is 15.3 Å². The number of hydrogen-bond acceptors (Lipinski definition) is 5. The third-order valence-corrected chi connectivity index (χ3v) is 5.54. The Hall–Kier alpha value is -2.11. The molecule has 0 aromatic carbocycles. The monoisotopic (exact) mass is 377 g/mol. The summed E-state index contributed by atoms with van der Waals surface area (Å²) in [5.74, 6) is 0.456. The molecule has 150 valence electrons. The highest BCUT2D eigenvalue weighted by atomic mass is 16.5. The Bertz CT molecular complexity index is 751. The number of aryl methyl sites for hydroxylation is 2. The third-order valence-electron chi connectivity index (χ3n) is 5.54. The second-order valence-corrected chi connectivity index (χ2v) is 7.95. The first-order valence-corrected chi connectivity index (χ1v) is 9.75. The highest BCUT2D eigenvalue weighted by Crippen LogP contribution is 2.35. The molecule has 0 aliphatic carbocycles. The van der Waals surface area contributed by atoms with Crippen molar-refractivity contribution < 1.29 is 18.7 Å². The van der Waals surface area contributed by atoms with E-state index < -0.39 is 11.0 Å². The van der Waals surface area contributed by atoms with Crippen molar-refractivity contribution in [3.8, 4) is 0 Å². The van der Waals surface area contributed by atoms with Crippen LogP contribution in [0.2, 0.25) is 0 Å². The molecule has 6 nitrogen and oxygen atoms in total. The van der Waals surface area contributed by atoms with Gasteiger partial charge in [0.15, 0.2) is 0 Å². The van der Waals surface area contributed by atoms with Crippen molar-refractivity contribution >= 4 is 11.9 Å². The van der Waals surface area contributed by atoms with Crippen LogP contribution in [-0.4, -0.2) is 37.0 Å². The number of carbonyl (C=O) groups excluding carboxylic acids is 2. The maximum atomic E-state index is 13.0. The zero-order chi connectivity index (χ0) is 20.2. The van der Waals surface area contributed by atoms with Gasteiger partial charge in [-0.2, -0.15) is 0 Å². The van der Waals surface area contributed by atoms with Crippen molar-refractivity contribution in [3.63, 3.8) is 0 Å². The van der Waals surface area contributed by atoms with Gasteiger partial charge in [-0.3, -0.25) is 9.59 Å². The Morgan fingerprint density at radius 3 is 2.63 bits per heavy atom. The zero-order valence-electron chi connectivity index (χ0n) is 17.1. The quantitative estimate of drug-likeness (QED) is 0.711. The molecule has 1 atom stereocenters. The van der Waals surface area contributed by atoms with Crippen molar-refractivity contribution in [1.82, 2.24) is 4.90 Å². The molecule has 2 rings (SSSR count). The molecule has 1 aliphatic heterocycles. The molecule has 1 unspecified atom stereocenters. The van der Waals surface area contributed by atoms with Crippen LogP contribution in [0.25, 0.3) is 0 Å². The average Bonchev–Trinajstić information content (AvgIpc) is 2.64. The van der Waals surface area contributed by atoms with E-state index in [1.54, 1.807) is 17.9 Å². The predicted octanol–water partition coefficient (Wildman–Crippen LogP) is 3.34. The summed E-state index contributed by atoms with van der Waals surface area (Å²) in [5.41, 5.74) is -0.598. The minimum absolute atomic E-state index is 0.0695. The Balaban J connectivity index is 2.26. The predicted molar refractivity (Wildman–Crippen MR) is 103 cm³/mol. The van der Waals surface area contributed by atoms with Gasteiger partial charge in [0.25, 0.3) is 5.91 Å². The first kappa shape index (κ1) is 21.2. The van der Waals surface area contributed by atoms with Crippen molar-refractivity contribution in [3.05, 3.63) is 33.4 Å². The topological polar surface area (TPSA) is 76.8 Å². The standard InChI is InChI=1S/C21H31NO5/c1-6-21(20(25)26-5)10-7-11-22(13-21)18(23)17-15(4)12-16(27-19(17)24)9-8-14(2)3/h12,14H,6-11,13H2,1-5H3. The summed E-state index contributed by atoms with van der Waals surface area (Å²) in [5, 5.41) is 0. The number of esters is 1. The number of likely N-dealkylation sites (tertiary alicyclic amines) is 1. The van der Waals surface area contributed by atoms with Gasteiger partial charge >= 0.3 is 11.6 Å². The fourth-order valence-corrected chi connectivity index (χ4v) is 3.76. The molecule has 0 bridgehead atoms. The minimum atomic E-state index is -0.700. The van der Waals surface area contributed by atoms with Crippen molar-refractivity contribution in [2.24, 2.45) is 11.3 Å². The van der Waals surface area contributed by atoms with E-state index in [1.807, 2.05) is 6.92 Å². The highest BCUT2D eigenvalue weighted by Gasteiger charge is 2.43. The first-order valence-electron chi connectivity index (χ1n) is 9.75. The molecule has 0 saturated carbocycles. The van der Waals surface area contributed by atoms with Gasteiger partial charge in [0.05, 0.1) is 12.5 Å². The number of carbonyl (C=O) groups is 2. The highest BCUT2D eigenvalue weighted by molar-refractivity contribution is 5.95. The van der Waals surface area contributed by atoms with Crippen molar-refractivity contribution in [1.29, 1.82) is 0 Å². The third kappa shape index (κ3) is 4.60. The second kappa shape index (κ2) is 8.72. The van der Waals surface area contributed by atoms with Crippen molar-refractivity contribution in [2.45, 2.75) is 59.8 Å². The first-order chi connectivity index (χ1) is 12.7. The Morgan fingerprint density at radius 2 is 2.07 bits per heavy atom. The maximum Gasteiger partial charge on any atom is 0.349 e. The molecule has 1 saturated heterocycles. The molecule has 1 aliphatic rings. The zero-order valence-corrected chi connectivity index (χ0v) is 17.1. The molecule has 1 aromatic rings. The minimum Gasteiger partial charge on any atom is -0.469 e. The van der Waals surface area contributed by atoms with Crippen LogP contribution in [0, 0.1) is 18.3 Å². The van der Waals surface area contributed by atoms with Gasteiger partial charge in [-0.25, -0.2) is 4.79 Å². The number of rotatable bonds is 6. The number of methoxy groups -OCH3 is 1. The number of ether oxygens (including phenoxy) is 1. The molecule has 1 aromatic heterocycles. The number of amides is 1. The summed E-state index contributed by atoms with van der Waals surface area (Å²) in [7, 11) is 1.37. The Labute approximate surface area is 160 Å². The van der Waals surface area contributed by atoms with Crippen LogP contribution >= 0.6 is 0 Å². The average molecular weight is 377 g/mol. The lowest BCUT2D eigenvalue weighted by molar-refractivity contribution is -0.156. The molecule has 6 heteroatoms. The summed E-state index contributed by atoms with van der Waals surface area (Å²) in [6.07, 6.45) is 3.56. The molecule has 1 fully saturated rings. The normalized spacial score (nSPS) is 20.0. The van der Waals surface area contributed by atoms with E-state index in [2.05, 4.69) is 13.8 Å². The van der Waals surface area contributed by atoms with E-state index in [4.69, 9.17) is 9.15 Å². The number of piperidine rings is 1. The van der Waals surface area contributed by atoms with Gasteiger partial charge in [-0.05, 0) is 50.2 Å². The molecule has 0 N–H and O–H groups in total. The largest absolute Gasteiger partial charge is 0.469 e. The molecular formula is C21H31NO5. The maximum absolute atomic E-state index is 13.0. The van der Waals surface area contributed by atoms with E-state index in [0.29, 0.717) is 49.5 Å². The molecule has 27 heavy (non-hydrogen) atoms. The van der Waals surface area contributed by atoms with E-state index in [-0.39, 0.29) is 24.0 Å². The van der Waals surface area contributed by atoms with Crippen molar-refractivity contribution in [2.75, 3.05) is 20.2 Å². The summed E-state index contributed by atoms with van der Waals surface area (Å²) in [6, 6.07) is 1.79. The van der Waals surface area contributed by atoms with Gasteiger partial charge < -0.3 is 14.1 Å². The molecule has 1 amide bonds. The van der Waals surface area contributed by atoms with Crippen LogP contribution in [0.4, 0.5) is 0 Å². The smallest absolute Gasteiger partial charge is 0.349 e. The summed E-state index contributed by atoms with van der Waals surface area (Å²) in [6.45, 7) is 8.70. The summed E-state index contributed by atoms with van der Waals surface area (Å²) < 4.78 is 10.4. The van der Waals surface area contributed by atoms with Crippen LogP contribution < -0.4 is 5.63 Å². The Morgan fingerprint density at radius 1 is 1.37 bits per heavy atom. The summed E-state index contributed by atoms with van der Waals surface area (Å²) in [4.78, 5) is 39.4. The van der Waals surface area contributed by atoms with Gasteiger partial charge in [0.2, 0.25) is 0 Å². The number of nitrogens with zero attached hydrogens (tertiary/aromatic N) is 1. The fourth-order valence-electron chi connectivity index (χ4n) is 3.76. The van der Waals surface area contributed by atoms with E-state index >= 15 is 0 Å². The molecular weight excluding hydrogens is 346 g/mol. The van der Waals surface area contributed by atoms with Gasteiger partial charge in [0.1, 0.15) is 11.3 Å². The van der Waals surface area contributed by atoms with Gasteiger partial charge in [-0.15, -0.1) is 0 Å². The Kier molecular flexibility index (Phi) is 6.84. The van der Waals surface area contributed by atoms with E-state index in [1.165, 1.54) is 7.11 Å². The number of hydrogen-bond donors (Lipinski definition) is 0. The lowest BCUT2D eigenvalue weighted by Crippen LogP contribution is -2.50. The van der Waals surface area contributed by atoms with Crippen LogP contribution in [0.5, 0.6) is 0 Å². The van der Waals surface area contributed by atoms with E-state index in [0.717, 1.165) is 6.42 Å². The molecule has 2 heterocycles. The van der Waals surface area contributed by atoms with E-state index in [9.17, 15) is 14.4 Å². The lowest BCUT2D eigenvalue weighted by Gasteiger charge is -2.40. The SMILES string of the molecule is CCC1(C(=O)OC)CCCN(C(=O)c2c(C)cc(CCC(C)C)oc2=O)C1. The summed E-state index contributed by atoms with van der Waals surface area (Å²) >= 11 is 0. The van der Waals surface area contributed by atoms with Gasteiger partial charge in [-0.1, -0.05) is 20.8 Å². The second-order valence-electron chi connectivity index (χ2n) is 7.95. The molecule has 0 radical (unpaired) electrons. The van der Waals surface area contributed by atoms with Gasteiger partial charge in [0, 0.05) is 19.5 Å². The van der Waals surface area contributed by atoms with Crippen LogP contribution in [-0.2, 0) is 16.0 Å². The van der Waals surface area contributed by atoms with Crippen LogP contribution in [0.3, 0.4) is 0 Å².